The van der Waals surface area contributed by atoms with E-state index in [4.69, 9.17) is 9.47 Å². The van der Waals surface area contributed by atoms with Crippen molar-refractivity contribution < 1.29 is 9.47 Å². The summed E-state index contributed by atoms with van der Waals surface area (Å²) in [6.45, 7) is 10.1. The minimum atomic E-state index is -0.194. The number of hydrogen-bond donors (Lipinski definition) is 1. The van der Waals surface area contributed by atoms with Gasteiger partial charge in [0.15, 0.2) is 6.29 Å². The topological polar surface area (TPSA) is 30.5 Å². The van der Waals surface area contributed by atoms with Crippen molar-refractivity contribution >= 4 is 0 Å². The third-order valence-electron chi connectivity index (χ3n) is 1.96. The molecule has 0 aromatic rings. The number of rotatable bonds is 8. The molecule has 15 heavy (non-hydrogen) atoms. The lowest BCUT2D eigenvalue weighted by Gasteiger charge is -2.25. The van der Waals surface area contributed by atoms with Crippen LogP contribution in [-0.2, 0) is 9.47 Å². The van der Waals surface area contributed by atoms with Crippen LogP contribution in [0.1, 0.15) is 34.1 Å². The zero-order valence-electron chi connectivity index (χ0n) is 10.3. The van der Waals surface area contributed by atoms with Crippen LogP contribution in [0.25, 0.3) is 0 Å². The van der Waals surface area contributed by atoms with E-state index in [1.54, 1.807) is 0 Å². The lowest BCUT2D eigenvalue weighted by Crippen LogP contribution is -2.42. The molecular formula is C12H23NO2. The molecule has 1 atom stereocenters. The highest BCUT2D eigenvalue weighted by Crippen LogP contribution is 2.05. The Labute approximate surface area is 93.5 Å². The lowest BCUT2D eigenvalue weighted by molar-refractivity contribution is -0.152. The maximum Gasteiger partial charge on any atom is 0.173 e. The molecular weight excluding hydrogens is 190 g/mol. The monoisotopic (exact) mass is 213 g/mol. The van der Waals surface area contributed by atoms with Crippen LogP contribution in [0, 0.1) is 11.8 Å². The van der Waals surface area contributed by atoms with Crippen molar-refractivity contribution in [3.05, 3.63) is 0 Å². The molecule has 0 bridgehead atoms. The van der Waals surface area contributed by atoms with Gasteiger partial charge >= 0.3 is 0 Å². The molecule has 0 saturated carbocycles. The number of ether oxygens (including phenoxy) is 2. The van der Waals surface area contributed by atoms with Crippen LogP contribution in [0.4, 0.5) is 0 Å². The van der Waals surface area contributed by atoms with Gasteiger partial charge in [-0.05, 0) is 27.3 Å². The van der Waals surface area contributed by atoms with Gasteiger partial charge in [0.25, 0.3) is 0 Å². The number of nitrogens with one attached hydrogen (secondary N) is 1. The molecule has 0 aliphatic carbocycles. The van der Waals surface area contributed by atoms with Crippen molar-refractivity contribution in [1.29, 1.82) is 0 Å². The van der Waals surface area contributed by atoms with Gasteiger partial charge in [-0.2, -0.15) is 0 Å². The van der Waals surface area contributed by atoms with Crippen LogP contribution < -0.4 is 5.32 Å². The molecule has 1 N–H and O–H groups in total. The molecule has 0 amide bonds. The maximum absolute atomic E-state index is 5.54. The van der Waals surface area contributed by atoms with Crippen molar-refractivity contribution in [1.82, 2.24) is 5.32 Å². The lowest BCUT2D eigenvalue weighted by atomic mass is 10.2. The van der Waals surface area contributed by atoms with E-state index in [0.29, 0.717) is 13.2 Å². The van der Waals surface area contributed by atoms with Gasteiger partial charge in [-0.3, -0.25) is 0 Å². The van der Waals surface area contributed by atoms with Gasteiger partial charge in [0, 0.05) is 19.6 Å². The first-order chi connectivity index (χ1) is 7.29. The van der Waals surface area contributed by atoms with Gasteiger partial charge in [0.05, 0.1) is 6.04 Å². The summed E-state index contributed by atoms with van der Waals surface area (Å²) in [5.41, 5.74) is 0. The third-order valence-corrected chi connectivity index (χ3v) is 1.96. The van der Waals surface area contributed by atoms with Crippen LogP contribution >= 0.6 is 0 Å². The van der Waals surface area contributed by atoms with Crippen molar-refractivity contribution in [2.75, 3.05) is 19.8 Å². The highest BCUT2D eigenvalue weighted by Gasteiger charge is 2.20. The Hall–Kier alpha value is -0.560. The standard InChI is InChI=1S/C12H23NO2/c1-5-9-10-11(13-6-2)12(14-7-3)15-8-4/h11-13H,6-8,10H2,1-4H3. The number of likely N-dealkylation sites (N-methyl/N-ethyl adjacent to an activating group) is 1. The summed E-state index contributed by atoms with van der Waals surface area (Å²) in [5.74, 6) is 5.95. The molecule has 0 aliphatic heterocycles. The van der Waals surface area contributed by atoms with E-state index < -0.39 is 0 Å². The molecule has 0 aromatic carbocycles. The molecule has 0 aliphatic rings. The molecule has 0 heterocycles. The summed E-state index contributed by atoms with van der Waals surface area (Å²) in [7, 11) is 0. The van der Waals surface area contributed by atoms with Crippen LogP contribution in [0.5, 0.6) is 0 Å². The summed E-state index contributed by atoms with van der Waals surface area (Å²) < 4.78 is 11.1. The zero-order valence-corrected chi connectivity index (χ0v) is 10.3. The first kappa shape index (κ1) is 14.4. The van der Waals surface area contributed by atoms with Gasteiger partial charge < -0.3 is 14.8 Å². The summed E-state index contributed by atoms with van der Waals surface area (Å²) >= 11 is 0. The van der Waals surface area contributed by atoms with Crippen LogP contribution in [0.3, 0.4) is 0 Å². The van der Waals surface area contributed by atoms with E-state index >= 15 is 0 Å². The average Bonchev–Trinajstić information content (AvgIpc) is 2.24. The van der Waals surface area contributed by atoms with E-state index in [1.165, 1.54) is 0 Å². The van der Waals surface area contributed by atoms with E-state index in [0.717, 1.165) is 13.0 Å². The fourth-order valence-electron chi connectivity index (χ4n) is 1.35. The first-order valence-electron chi connectivity index (χ1n) is 5.66. The summed E-state index contributed by atoms with van der Waals surface area (Å²) in [4.78, 5) is 0. The molecule has 0 rings (SSSR count). The largest absolute Gasteiger partial charge is 0.351 e. The second-order valence-electron chi connectivity index (χ2n) is 3.07. The SMILES string of the molecule is CC#CCC(NCC)C(OCC)OCC. The summed E-state index contributed by atoms with van der Waals surface area (Å²) in [6.07, 6.45) is 0.565. The van der Waals surface area contributed by atoms with Crippen LogP contribution in [-0.4, -0.2) is 32.1 Å². The van der Waals surface area contributed by atoms with Gasteiger partial charge in [0.2, 0.25) is 0 Å². The molecule has 0 spiro atoms. The normalized spacial score (nSPS) is 12.3. The van der Waals surface area contributed by atoms with E-state index in [-0.39, 0.29) is 12.3 Å². The molecule has 0 aromatic heterocycles. The Balaban J connectivity index is 4.26. The Kier molecular flexibility index (Phi) is 9.60. The molecule has 88 valence electrons. The minimum Gasteiger partial charge on any atom is -0.351 e. The van der Waals surface area contributed by atoms with E-state index in [9.17, 15) is 0 Å². The second-order valence-corrected chi connectivity index (χ2v) is 3.07. The Morgan fingerprint density at radius 2 is 1.73 bits per heavy atom. The van der Waals surface area contributed by atoms with Gasteiger partial charge in [-0.25, -0.2) is 0 Å². The highest BCUT2D eigenvalue weighted by molar-refractivity contribution is 4.98. The Bertz CT molecular complexity index is 190. The predicted molar refractivity (Wildman–Crippen MR) is 62.6 cm³/mol. The molecule has 0 saturated heterocycles. The summed E-state index contributed by atoms with van der Waals surface area (Å²) in [6, 6.07) is 0.155. The van der Waals surface area contributed by atoms with E-state index in [1.807, 2.05) is 20.8 Å². The smallest absolute Gasteiger partial charge is 0.173 e. The molecule has 3 heteroatoms. The first-order valence-corrected chi connectivity index (χ1v) is 5.66. The highest BCUT2D eigenvalue weighted by atomic mass is 16.7. The maximum atomic E-state index is 5.54. The molecule has 0 fully saturated rings. The Morgan fingerprint density at radius 3 is 2.13 bits per heavy atom. The van der Waals surface area contributed by atoms with Crippen molar-refractivity contribution in [2.45, 2.75) is 46.4 Å². The van der Waals surface area contributed by atoms with Crippen molar-refractivity contribution in [3.63, 3.8) is 0 Å². The third kappa shape index (κ3) is 6.51. The van der Waals surface area contributed by atoms with Gasteiger partial charge in [-0.1, -0.05) is 6.92 Å². The quantitative estimate of drug-likeness (QED) is 0.492. The minimum absolute atomic E-state index is 0.155. The molecule has 3 nitrogen and oxygen atoms in total. The van der Waals surface area contributed by atoms with Gasteiger partial charge in [0.1, 0.15) is 0 Å². The van der Waals surface area contributed by atoms with Crippen LogP contribution in [0.2, 0.25) is 0 Å². The molecule has 0 radical (unpaired) electrons. The Morgan fingerprint density at radius 1 is 1.13 bits per heavy atom. The predicted octanol–water partition coefficient (Wildman–Crippen LogP) is 1.78. The van der Waals surface area contributed by atoms with Crippen LogP contribution in [0.15, 0.2) is 0 Å². The van der Waals surface area contributed by atoms with Crippen molar-refractivity contribution in [2.24, 2.45) is 0 Å². The number of hydrogen-bond acceptors (Lipinski definition) is 3. The fourth-order valence-corrected chi connectivity index (χ4v) is 1.35. The second kappa shape index (κ2) is 9.97. The van der Waals surface area contributed by atoms with Crippen molar-refractivity contribution in [3.8, 4) is 11.8 Å². The zero-order chi connectivity index (χ0) is 11.5. The summed E-state index contributed by atoms with van der Waals surface area (Å²) in [5, 5.41) is 3.33. The average molecular weight is 213 g/mol. The van der Waals surface area contributed by atoms with E-state index in [2.05, 4.69) is 24.1 Å². The fraction of sp³-hybridized carbons (Fsp3) is 0.833. The van der Waals surface area contributed by atoms with Gasteiger partial charge in [-0.15, -0.1) is 11.8 Å². The molecule has 1 unspecified atom stereocenters.